The van der Waals surface area contributed by atoms with E-state index in [0.717, 1.165) is 11.4 Å². The summed E-state index contributed by atoms with van der Waals surface area (Å²) < 4.78 is 10.0. The smallest absolute Gasteiger partial charge is 0.270 e. The van der Waals surface area contributed by atoms with E-state index in [9.17, 15) is 4.79 Å². The van der Waals surface area contributed by atoms with E-state index < -0.39 is 6.29 Å². The van der Waals surface area contributed by atoms with Gasteiger partial charge in [-0.3, -0.25) is 4.79 Å². The molecule has 0 bridgehead atoms. The van der Waals surface area contributed by atoms with Crippen LogP contribution in [0.3, 0.4) is 0 Å². The largest absolute Gasteiger partial charge is 0.354 e. The van der Waals surface area contributed by atoms with Gasteiger partial charge in [0.05, 0.1) is 11.6 Å². The van der Waals surface area contributed by atoms with Gasteiger partial charge in [-0.05, 0) is 5.56 Å². The molecule has 1 amide bonds. The minimum Gasteiger partial charge on any atom is -0.354 e. The quantitative estimate of drug-likeness (QED) is 0.796. The van der Waals surface area contributed by atoms with Gasteiger partial charge < -0.3 is 14.8 Å². The molecular formula is C15H18N2O3S. The van der Waals surface area contributed by atoms with E-state index in [0.29, 0.717) is 5.69 Å². The van der Waals surface area contributed by atoms with Crippen LogP contribution in [0.5, 0.6) is 0 Å². The fourth-order valence-corrected chi connectivity index (χ4v) is 2.60. The molecule has 0 aliphatic carbocycles. The molecule has 21 heavy (non-hydrogen) atoms. The molecule has 1 heterocycles. The number of amides is 1. The van der Waals surface area contributed by atoms with E-state index in [-0.39, 0.29) is 12.5 Å². The van der Waals surface area contributed by atoms with Crippen molar-refractivity contribution in [3.8, 4) is 0 Å². The van der Waals surface area contributed by atoms with Gasteiger partial charge >= 0.3 is 0 Å². The van der Waals surface area contributed by atoms with Crippen molar-refractivity contribution in [2.45, 2.75) is 12.7 Å². The maximum absolute atomic E-state index is 12.0. The predicted molar refractivity (Wildman–Crippen MR) is 81.5 cm³/mol. The molecule has 0 saturated heterocycles. The highest BCUT2D eigenvalue weighted by molar-refractivity contribution is 7.09. The molecule has 0 fully saturated rings. The Hall–Kier alpha value is -1.76. The summed E-state index contributed by atoms with van der Waals surface area (Å²) in [6, 6.07) is 10.1. The van der Waals surface area contributed by atoms with E-state index >= 15 is 0 Å². The lowest BCUT2D eigenvalue weighted by atomic mass is 10.2. The van der Waals surface area contributed by atoms with Gasteiger partial charge in [0.25, 0.3) is 5.91 Å². The lowest BCUT2D eigenvalue weighted by molar-refractivity contribution is -0.0974. The molecule has 2 aromatic rings. The Morgan fingerprint density at radius 1 is 1.29 bits per heavy atom. The van der Waals surface area contributed by atoms with Crippen LogP contribution in [0.1, 0.15) is 21.1 Å². The van der Waals surface area contributed by atoms with E-state index in [1.165, 1.54) is 31.1 Å². The number of carbonyl (C=O) groups excluding carboxylic acids is 1. The number of carbonyl (C=O) groups is 1. The molecule has 1 N–H and O–H groups in total. The monoisotopic (exact) mass is 306 g/mol. The standard InChI is InChI=1S/C15H18N2O3S/c1-19-14(20-2)9-16-15(18)12-10-21-13(17-12)8-11-6-4-3-5-7-11/h3-7,10,14H,8-9H2,1-2H3,(H,16,18). The summed E-state index contributed by atoms with van der Waals surface area (Å²) in [5.41, 5.74) is 1.61. The van der Waals surface area contributed by atoms with Crippen molar-refractivity contribution in [2.75, 3.05) is 20.8 Å². The number of hydrogen-bond donors (Lipinski definition) is 1. The van der Waals surface area contributed by atoms with Crippen LogP contribution in [0.2, 0.25) is 0 Å². The van der Waals surface area contributed by atoms with Crippen LogP contribution in [0.25, 0.3) is 0 Å². The number of hydrogen-bond acceptors (Lipinski definition) is 5. The Morgan fingerprint density at radius 3 is 2.67 bits per heavy atom. The normalized spacial score (nSPS) is 10.8. The number of nitrogens with zero attached hydrogens (tertiary/aromatic N) is 1. The Morgan fingerprint density at radius 2 is 2.00 bits per heavy atom. The maximum atomic E-state index is 12.0. The molecule has 0 aliphatic heterocycles. The number of rotatable bonds is 7. The van der Waals surface area contributed by atoms with Crippen LogP contribution in [-0.4, -0.2) is 37.9 Å². The molecule has 0 aliphatic rings. The number of thiazole rings is 1. The summed E-state index contributed by atoms with van der Waals surface area (Å²) in [7, 11) is 3.06. The molecule has 1 aromatic carbocycles. The summed E-state index contributed by atoms with van der Waals surface area (Å²) in [6.45, 7) is 0.289. The van der Waals surface area contributed by atoms with Gasteiger partial charge in [0.15, 0.2) is 6.29 Å². The zero-order chi connectivity index (χ0) is 15.1. The summed E-state index contributed by atoms with van der Waals surface area (Å²) in [5.74, 6) is -0.218. The van der Waals surface area contributed by atoms with Crippen molar-refractivity contribution in [1.29, 1.82) is 0 Å². The van der Waals surface area contributed by atoms with E-state index in [1.54, 1.807) is 5.38 Å². The van der Waals surface area contributed by atoms with Crippen molar-refractivity contribution in [3.63, 3.8) is 0 Å². The van der Waals surface area contributed by atoms with Crippen LogP contribution in [0, 0.1) is 0 Å². The Kier molecular flexibility index (Phi) is 5.86. The lowest BCUT2D eigenvalue weighted by Crippen LogP contribution is -2.34. The summed E-state index contributed by atoms with van der Waals surface area (Å²) in [6.07, 6.45) is 0.286. The van der Waals surface area contributed by atoms with Gasteiger partial charge in [0.2, 0.25) is 0 Å². The van der Waals surface area contributed by atoms with Gasteiger partial charge in [0.1, 0.15) is 5.69 Å². The fraction of sp³-hybridized carbons (Fsp3) is 0.333. The predicted octanol–water partition coefficient (Wildman–Crippen LogP) is 2.08. The maximum Gasteiger partial charge on any atom is 0.270 e. The Bertz CT molecular complexity index is 567. The SMILES string of the molecule is COC(CNC(=O)c1csc(Cc2ccccc2)n1)OC. The first-order chi connectivity index (χ1) is 10.2. The average molecular weight is 306 g/mol. The molecule has 0 atom stereocenters. The molecule has 5 nitrogen and oxygen atoms in total. The summed E-state index contributed by atoms with van der Waals surface area (Å²) in [4.78, 5) is 16.3. The molecular weight excluding hydrogens is 288 g/mol. The van der Waals surface area contributed by atoms with Gasteiger partial charge in [-0.15, -0.1) is 11.3 Å². The van der Waals surface area contributed by atoms with Crippen molar-refractivity contribution >= 4 is 17.2 Å². The second kappa shape index (κ2) is 7.87. The van der Waals surface area contributed by atoms with E-state index in [1.807, 2.05) is 30.3 Å². The van der Waals surface area contributed by atoms with E-state index in [4.69, 9.17) is 9.47 Å². The zero-order valence-electron chi connectivity index (χ0n) is 12.0. The number of benzene rings is 1. The highest BCUT2D eigenvalue weighted by atomic mass is 32.1. The van der Waals surface area contributed by atoms with Gasteiger partial charge in [-0.1, -0.05) is 30.3 Å². The van der Waals surface area contributed by atoms with Crippen LogP contribution in [0.15, 0.2) is 35.7 Å². The number of aromatic nitrogens is 1. The topological polar surface area (TPSA) is 60.5 Å². The third-order valence-electron chi connectivity index (χ3n) is 2.94. The number of ether oxygens (including phenoxy) is 2. The van der Waals surface area contributed by atoms with Crippen molar-refractivity contribution in [2.24, 2.45) is 0 Å². The number of methoxy groups -OCH3 is 2. The third kappa shape index (κ3) is 4.63. The van der Waals surface area contributed by atoms with Gasteiger partial charge in [-0.2, -0.15) is 0 Å². The third-order valence-corrected chi connectivity index (χ3v) is 3.79. The van der Waals surface area contributed by atoms with Crippen LogP contribution in [-0.2, 0) is 15.9 Å². The lowest BCUT2D eigenvalue weighted by Gasteiger charge is -2.13. The van der Waals surface area contributed by atoms with Crippen molar-refractivity contribution < 1.29 is 14.3 Å². The molecule has 0 unspecified atom stereocenters. The van der Waals surface area contributed by atoms with Crippen molar-refractivity contribution in [3.05, 3.63) is 52.0 Å². The average Bonchev–Trinajstić information content (AvgIpc) is 2.97. The van der Waals surface area contributed by atoms with Crippen LogP contribution < -0.4 is 5.32 Å². The first-order valence-corrected chi connectivity index (χ1v) is 7.43. The second-order valence-corrected chi connectivity index (χ2v) is 5.34. The molecule has 1 aromatic heterocycles. The van der Waals surface area contributed by atoms with Crippen LogP contribution >= 0.6 is 11.3 Å². The summed E-state index contributed by atoms with van der Waals surface area (Å²) in [5, 5.41) is 5.42. The fourth-order valence-electron chi connectivity index (χ4n) is 1.80. The molecule has 0 saturated carbocycles. The molecule has 0 spiro atoms. The highest BCUT2D eigenvalue weighted by Crippen LogP contribution is 2.14. The van der Waals surface area contributed by atoms with Crippen LogP contribution in [0.4, 0.5) is 0 Å². The first-order valence-electron chi connectivity index (χ1n) is 6.55. The second-order valence-electron chi connectivity index (χ2n) is 4.40. The minimum absolute atomic E-state index is 0.218. The van der Waals surface area contributed by atoms with Crippen molar-refractivity contribution in [1.82, 2.24) is 10.3 Å². The highest BCUT2D eigenvalue weighted by Gasteiger charge is 2.13. The Balaban J connectivity index is 1.91. The molecule has 0 radical (unpaired) electrons. The van der Waals surface area contributed by atoms with E-state index in [2.05, 4.69) is 10.3 Å². The number of nitrogens with one attached hydrogen (secondary N) is 1. The zero-order valence-corrected chi connectivity index (χ0v) is 12.9. The molecule has 2 rings (SSSR count). The van der Waals surface area contributed by atoms with Gasteiger partial charge in [-0.25, -0.2) is 4.98 Å². The molecule has 112 valence electrons. The minimum atomic E-state index is -0.448. The van der Waals surface area contributed by atoms with Gasteiger partial charge in [0, 0.05) is 26.0 Å². The molecule has 6 heteroatoms. The Labute approximate surface area is 127 Å². The summed E-state index contributed by atoms with van der Waals surface area (Å²) >= 11 is 1.48. The first kappa shape index (κ1) is 15.6.